The van der Waals surface area contributed by atoms with E-state index >= 15 is 0 Å². The van der Waals surface area contributed by atoms with Crippen LogP contribution in [0.2, 0.25) is 0 Å². The summed E-state index contributed by atoms with van der Waals surface area (Å²) in [5.74, 6) is 0.166. The first-order valence-electron chi connectivity index (χ1n) is 11.2. The van der Waals surface area contributed by atoms with Gasteiger partial charge >= 0.3 is 5.97 Å². The van der Waals surface area contributed by atoms with E-state index in [1.54, 1.807) is 22.1 Å². The Kier molecular flexibility index (Phi) is 8.24. The first-order valence-corrected chi connectivity index (χ1v) is 13.1. The SMILES string of the molecule is COC(=O)c1c(-c2ccc(F)cc2)csc1NC(=O)CSc1nnc(COc2cccc(C)c2C)n1C. The number of hydrogen-bond acceptors (Lipinski definition) is 8. The highest BCUT2D eigenvalue weighted by atomic mass is 32.2. The number of carbonyl (C=O) groups is 2. The molecule has 2 aromatic carbocycles. The van der Waals surface area contributed by atoms with Gasteiger partial charge in [0.2, 0.25) is 5.91 Å². The number of ether oxygens (including phenoxy) is 2. The fourth-order valence-corrected chi connectivity index (χ4v) is 5.21. The van der Waals surface area contributed by atoms with Gasteiger partial charge < -0.3 is 19.4 Å². The molecule has 4 rings (SSSR count). The third-order valence-electron chi connectivity index (χ3n) is 5.76. The van der Waals surface area contributed by atoms with Gasteiger partial charge in [-0.15, -0.1) is 21.5 Å². The first kappa shape index (κ1) is 26.4. The maximum atomic E-state index is 13.3. The lowest BCUT2D eigenvalue weighted by Gasteiger charge is -2.10. The average molecular weight is 541 g/mol. The fraction of sp³-hybridized carbons (Fsp3) is 0.231. The van der Waals surface area contributed by atoms with Gasteiger partial charge in [-0.1, -0.05) is 36.0 Å². The zero-order valence-corrected chi connectivity index (χ0v) is 22.3. The molecule has 11 heteroatoms. The molecule has 0 saturated carbocycles. The van der Waals surface area contributed by atoms with Crippen LogP contribution < -0.4 is 10.1 Å². The van der Waals surface area contributed by atoms with E-state index in [0.717, 1.165) is 16.9 Å². The number of aryl methyl sites for hydroxylation is 1. The maximum Gasteiger partial charge on any atom is 0.341 e. The van der Waals surface area contributed by atoms with Crippen molar-refractivity contribution in [1.29, 1.82) is 0 Å². The van der Waals surface area contributed by atoms with Crippen molar-refractivity contribution in [3.05, 3.63) is 76.2 Å². The summed E-state index contributed by atoms with van der Waals surface area (Å²) in [5, 5.41) is 13.8. The highest BCUT2D eigenvalue weighted by Gasteiger charge is 2.23. The second-order valence-corrected chi connectivity index (χ2v) is 9.96. The van der Waals surface area contributed by atoms with Crippen molar-refractivity contribution in [1.82, 2.24) is 14.8 Å². The molecule has 192 valence electrons. The van der Waals surface area contributed by atoms with Crippen LogP contribution in [0.1, 0.15) is 27.3 Å². The summed E-state index contributed by atoms with van der Waals surface area (Å²) in [5.41, 5.74) is 3.63. The minimum atomic E-state index is -0.592. The maximum absolute atomic E-state index is 13.3. The van der Waals surface area contributed by atoms with Gasteiger partial charge in [-0.2, -0.15) is 0 Å². The van der Waals surface area contributed by atoms with E-state index in [2.05, 4.69) is 15.5 Å². The van der Waals surface area contributed by atoms with Gasteiger partial charge in [0, 0.05) is 18.0 Å². The Morgan fingerprint density at radius 1 is 1.14 bits per heavy atom. The standard InChI is InChI=1S/C26H25FN4O4S2/c1-15-6-5-7-20(16(15)2)35-12-21-29-30-26(31(21)3)37-14-22(32)28-24-23(25(33)34-4)19(13-36-24)17-8-10-18(27)11-9-17/h5-11,13H,12,14H2,1-4H3,(H,28,32). The molecular weight excluding hydrogens is 515 g/mol. The number of amides is 1. The van der Waals surface area contributed by atoms with Crippen molar-refractivity contribution in [2.45, 2.75) is 25.6 Å². The Morgan fingerprint density at radius 2 is 1.89 bits per heavy atom. The third-order valence-corrected chi connectivity index (χ3v) is 7.67. The molecule has 0 fully saturated rings. The number of nitrogens with zero attached hydrogens (tertiary/aromatic N) is 3. The van der Waals surface area contributed by atoms with Gasteiger partial charge in [0.15, 0.2) is 11.0 Å². The summed E-state index contributed by atoms with van der Waals surface area (Å²) in [6, 6.07) is 11.6. The van der Waals surface area contributed by atoms with Crippen LogP contribution in [0.25, 0.3) is 11.1 Å². The minimum Gasteiger partial charge on any atom is -0.485 e. The fourth-order valence-electron chi connectivity index (χ4n) is 3.51. The summed E-state index contributed by atoms with van der Waals surface area (Å²) in [4.78, 5) is 25.2. The number of rotatable bonds is 9. The molecule has 0 aliphatic heterocycles. The molecule has 2 heterocycles. The Morgan fingerprint density at radius 3 is 2.62 bits per heavy atom. The molecule has 0 spiro atoms. The number of methoxy groups -OCH3 is 1. The Balaban J connectivity index is 1.40. The molecule has 4 aromatic rings. The normalized spacial score (nSPS) is 10.8. The molecule has 0 aliphatic carbocycles. The number of carbonyl (C=O) groups excluding carboxylic acids is 2. The highest BCUT2D eigenvalue weighted by molar-refractivity contribution is 7.99. The number of anilines is 1. The molecule has 0 atom stereocenters. The topological polar surface area (TPSA) is 95.3 Å². The number of nitrogens with one attached hydrogen (secondary N) is 1. The van der Waals surface area contributed by atoms with E-state index < -0.39 is 5.97 Å². The van der Waals surface area contributed by atoms with Gasteiger partial charge in [0.05, 0.1) is 12.9 Å². The molecule has 2 aromatic heterocycles. The van der Waals surface area contributed by atoms with Crippen LogP contribution >= 0.6 is 23.1 Å². The molecule has 0 saturated heterocycles. The van der Waals surface area contributed by atoms with E-state index in [4.69, 9.17) is 9.47 Å². The second-order valence-electron chi connectivity index (χ2n) is 8.13. The van der Waals surface area contributed by atoms with E-state index in [9.17, 15) is 14.0 Å². The van der Waals surface area contributed by atoms with E-state index in [0.29, 0.717) is 27.1 Å². The van der Waals surface area contributed by atoms with E-state index in [1.165, 1.54) is 42.3 Å². The van der Waals surface area contributed by atoms with Crippen LogP contribution in [-0.2, 0) is 23.2 Å². The lowest BCUT2D eigenvalue weighted by Crippen LogP contribution is -2.16. The molecule has 0 radical (unpaired) electrons. The largest absolute Gasteiger partial charge is 0.485 e. The lowest BCUT2D eigenvalue weighted by atomic mass is 10.0. The Labute approximate surface area is 221 Å². The van der Waals surface area contributed by atoms with Gasteiger partial charge in [0.1, 0.15) is 28.7 Å². The first-order chi connectivity index (χ1) is 17.8. The molecule has 0 bridgehead atoms. The van der Waals surface area contributed by atoms with Crippen LogP contribution in [-0.4, -0.2) is 39.5 Å². The number of esters is 1. The monoisotopic (exact) mass is 540 g/mol. The number of aromatic nitrogens is 3. The average Bonchev–Trinajstić information content (AvgIpc) is 3.46. The predicted molar refractivity (Wildman–Crippen MR) is 142 cm³/mol. The quantitative estimate of drug-likeness (QED) is 0.224. The lowest BCUT2D eigenvalue weighted by molar-refractivity contribution is -0.113. The van der Waals surface area contributed by atoms with Crippen molar-refractivity contribution in [2.24, 2.45) is 7.05 Å². The molecule has 0 unspecified atom stereocenters. The Bertz CT molecular complexity index is 1430. The molecular formula is C26H25FN4O4S2. The molecule has 1 amide bonds. The third kappa shape index (κ3) is 6.00. The van der Waals surface area contributed by atoms with Crippen LogP contribution in [0.5, 0.6) is 5.75 Å². The van der Waals surface area contributed by atoms with Crippen LogP contribution in [0.4, 0.5) is 9.39 Å². The van der Waals surface area contributed by atoms with E-state index in [-0.39, 0.29) is 29.6 Å². The summed E-state index contributed by atoms with van der Waals surface area (Å²) in [7, 11) is 3.08. The molecule has 8 nitrogen and oxygen atoms in total. The zero-order chi connectivity index (χ0) is 26.5. The van der Waals surface area contributed by atoms with Gasteiger partial charge in [0.25, 0.3) is 0 Å². The molecule has 0 aliphatic rings. The Hall–Kier alpha value is -3.70. The zero-order valence-electron chi connectivity index (χ0n) is 20.7. The van der Waals surface area contributed by atoms with Crippen molar-refractivity contribution < 1.29 is 23.5 Å². The number of thioether (sulfide) groups is 1. The predicted octanol–water partition coefficient (Wildman–Crippen LogP) is 5.40. The summed E-state index contributed by atoms with van der Waals surface area (Å²) in [6.45, 7) is 4.27. The summed E-state index contributed by atoms with van der Waals surface area (Å²) < 4.78 is 26.0. The van der Waals surface area contributed by atoms with Crippen molar-refractivity contribution in [2.75, 3.05) is 18.2 Å². The summed E-state index contributed by atoms with van der Waals surface area (Å²) >= 11 is 2.41. The van der Waals surface area contributed by atoms with Crippen molar-refractivity contribution >= 4 is 40.0 Å². The highest BCUT2D eigenvalue weighted by Crippen LogP contribution is 2.36. The molecule has 37 heavy (non-hydrogen) atoms. The molecule has 1 N–H and O–H groups in total. The van der Waals surface area contributed by atoms with Crippen LogP contribution in [0.15, 0.2) is 53.0 Å². The number of halogens is 1. The number of benzene rings is 2. The second kappa shape index (κ2) is 11.6. The minimum absolute atomic E-state index is 0.0498. The van der Waals surface area contributed by atoms with Gasteiger partial charge in [-0.05, 0) is 48.7 Å². The smallest absolute Gasteiger partial charge is 0.341 e. The van der Waals surface area contributed by atoms with Crippen LogP contribution in [0, 0.1) is 19.7 Å². The van der Waals surface area contributed by atoms with Crippen molar-refractivity contribution in [3.8, 4) is 16.9 Å². The van der Waals surface area contributed by atoms with Gasteiger partial charge in [-0.25, -0.2) is 9.18 Å². The van der Waals surface area contributed by atoms with E-state index in [1.807, 2.05) is 39.1 Å². The summed E-state index contributed by atoms with van der Waals surface area (Å²) in [6.07, 6.45) is 0. The van der Waals surface area contributed by atoms with Crippen LogP contribution in [0.3, 0.4) is 0 Å². The van der Waals surface area contributed by atoms with Crippen molar-refractivity contribution in [3.63, 3.8) is 0 Å². The number of thiophene rings is 1. The number of hydrogen-bond donors (Lipinski definition) is 1. The van der Waals surface area contributed by atoms with Gasteiger partial charge in [-0.3, -0.25) is 4.79 Å².